The molecule has 0 radical (unpaired) electrons. The molecule has 1 aliphatic rings. The molecule has 0 bridgehead atoms. The van der Waals surface area contributed by atoms with Gasteiger partial charge in [-0.2, -0.15) is 8.42 Å². The largest absolute Gasteiger partial charge is 0.399 e. The van der Waals surface area contributed by atoms with Crippen molar-refractivity contribution in [3.05, 3.63) is 48.5 Å². The molecule has 1 fully saturated rings. The third kappa shape index (κ3) is 3.39. The first-order chi connectivity index (χ1) is 11.0. The third-order valence-electron chi connectivity index (χ3n) is 3.50. The third-order valence-corrected chi connectivity index (χ3v) is 4.76. The van der Waals surface area contributed by atoms with Gasteiger partial charge < -0.3 is 19.9 Å². The van der Waals surface area contributed by atoms with Crippen molar-refractivity contribution in [3.8, 4) is 5.75 Å². The van der Waals surface area contributed by atoms with Crippen LogP contribution in [0.4, 0.5) is 11.4 Å². The van der Waals surface area contributed by atoms with E-state index in [1.165, 1.54) is 24.3 Å². The topological polar surface area (TPSA) is 105 Å². The molecule has 8 heteroatoms. The average Bonchev–Trinajstić information content (AvgIpc) is 2.93. The minimum atomic E-state index is -3.94. The fourth-order valence-corrected chi connectivity index (χ4v) is 3.29. The van der Waals surface area contributed by atoms with E-state index in [0.29, 0.717) is 18.8 Å². The zero-order valence-corrected chi connectivity index (χ0v) is 13.0. The van der Waals surface area contributed by atoms with Crippen LogP contribution >= 0.6 is 0 Å². The number of anilines is 2. The van der Waals surface area contributed by atoms with E-state index >= 15 is 0 Å². The molecule has 1 heterocycles. The van der Waals surface area contributed by atoms with Gasteiger partial charge in [-0.3, -0.25) is 5.32 Å². The van der Waals surface area contributed by atoms with Crippen LogP contribution in [0.2, 0.25) is 0 Å². The number of nitrogens with one attached hydrogen (secondary N) is 1. The van der Waals surface area contributed by atoms with E-state index in [2.05, 4.69) is 5.32 Å². The summed E-state index contributed by atoms with van der Waals surface area (Å²) in [6.45, 7) is 1.31. The maximum absolute atomic E-state index is 12.3. The van der Waals surface area contributed by atoms with E-state index in [1.54, 1.807) is 29.2 Å². The molecule has 1 unspecified atom stereocenters. The number of aliphatic hydroxyl groups is 1. The van der Waals surface area contributed by atoms with Crippen LogP contribution in [0.5, 0.6) is 5.75 Å². The Bertz CT molecular complexity index is 793. The summed E-state index contributed by atoms with van der Waals surface area (Å²) in [5.74, 6) is 0.160. The Balaban J connectivity index is 1.80. The Labute approximate surface area is 134 Å². The maximum Gasteiger partial charge on any atom is 0.339 e. The van der Waals surface area contributed by atoms with Crippen LogP contribution in [0, 0.1) is 0 Å². The molecule has 0 aromatic heterocycles. The standard InChI is InChI=1S/C15H17N3O4S/c16-11-2-1-3-13(10-11)22-23(20,21)14-6-4-12(5-7-14)18-9-8-17-15(18)19/h1-7,10,15,17,19H,8-9,16H2. The number of hydrogen-bond donors (Lipinski definition) is 3. The Kier molecular flexibility index (Phi) is 4.12. The molecule has 0 saturated carbocycles. The van der Waals surface area contributed by atoms with Gasteiger partial charge in [0.05, 0.1) is 0 Å². The molecule has 23 heavy (non-hydrogen) atoms. The van der Waals surface area contributed by atoms with E-state index in [-0.39, 0.29) is 10.6 Å². The van der Waals surface area contributed by atoms with Crippen molar-refractivity contribution in [1.29, 1.82) is 0 Å². The van der Waals surface area contributed by atoms with Crippen LogP contribution in [0.25, 0.3) is 0 Å². The lowest BCUT2D eigenvalue weighted by atomic mass is 10.3. The highest BCUT2D eigenvalue weighted by Crippen LogP contribution is 2.24. The average molecular weight is 335 g/mol. The summed E-state index contributed by atoms with van der Waals surface area (Å²) in [7, 11) is -3.94. The summed E-state index contributed by atoms with van der Waals surface area (Å²) in [6.07, 6.45) is -0.763. The van der Waals surface area contributed by atoms with Gasteiger partial charge in [0.15, 0.2) is 6.35 Å². The lowest BCUT2D eigenvalue weighted by molar-refractivity contribution is 0.163. The van der Waals surface area contributed by atoms with Gasteiger partial charge in [-0.1, -0.05) is 6.07 Å². The molecule has 122 valence electrons. The Morgan fingerprint density at radius 3 is 2.57 bits per heavy atom. The van der Waals surface area contributed by atoms with Crippen molar-refractivity contribution in [3.63, 3.8) is 0 Å². The normalized spacial score (nSPS) is 18.1. The van der Waals surface area contributed by atoms with Crippen LogP contribution in [0.1, 0.15) is 0 Å². The van der Waals surface area contributed by atoms with Crippen molar-refractivity contribution >= 4 is 21.5 Å². The summed E-state index contributed by atoms with van der Waals surface area (Å²) in [5.41, 5.74) is 6.76. The number of hydrogen-bond acceptors (Lipinski definition) is 7. The van der Waals surface area contributed by atoms with Gasteiger partial charge >= 0.3 is 10.1 Å². The van der Waals surface area contributed by atoms with Crippen LogP contribution in [0.3, 0.4) is 0 Å². The van der Waals surface area contributed by atoms with Gasteiger partial charge in [0.2, 0.25) is 0 Å². The SMILES string of the molecule is Nc1cccc(OS(=O)(=O)c2ccc(N3CCNC3O)cc2)c1. The lowest BCUT2D eigenvalue weighted by Gasteiger charge is -2.21. The van der Waals surface area contributed by atoms with Gasteiger partial charge in [0, 0.05) is 30.5 Å². The quantitative estimate of drug-likeness (QED) is 0.558. The Hall–Kier alpha value is -2.29. The predicted molar refractivity (Wildman–Crippen MR) is 86.5 cm³/mol. The van der Waals surface area contributed by atoms with Crippen LogP contribution in [0.15, 0.2) is 53.4 Å². The van der Waals surface area contributed by atoms with Gasteiger partial charge in [0.25, 0.3) is 0 Å². The smallest absolute Gasteiger partial charge is 0.339 e. The number of benzene rings is 2. The lowest BCUT2D eigenvalue weighted by Crippen LogP contribution is -2.35. The second kappa shape index (κ2) is 6.07. The highest BCUT2D eigenvalue weighted by atomic mass is 32.2. The van der Waals surface area contributed by atoms with E-state index in [1.807, 2.05) is 0 Å². The summed E-state index contributed by atoms with van der Waals surface area (Å²) >= 11 is 0. The first-order valence-corrected chi connectivity index (χ1v) is 8.45. The van der Waals surface area contributed by atoms with E-state index < -0.39 is 16.5 Å². The van der Waals surface area contributed by atoms with Gasteiger partial charge in [0.1, 0.15) is 10.6 Å². The summed E-state index contributed by atoms with van der Waals surface area (Å²) in [5, 5.41) is 12.6. The molecule has 0 spiro atoms. The summed E-state index contributed by atoms with van der Waals surface area (Å²) in [6, 6.07) is 12.4. The van der Waals surface area contributed by atoms with Crippen molar-refractivity contribution < 1.29 is 17.7 Å². The molecule has 3 rings (SSSR count). The minimum Gasteiger partial charge on any atom is -0.399 e. The second-order valence-electron chi connectivity index (χ2n) is 5.13. The molecule has 1 atom stereocenters. The number of rotatable bonds is 4. The van der Waals surface area contributed by atoms with Gasteiger partial charge in [-0.25, -0.2) is 0 Å². The molecule has 2 aromatic carbocycles. The molecule has 4 N–H and O–H groups in total. The predicted octanol–water partition coefficient (Wildman–Crippen LogP) is 0.722. The van der Waals surface area contributed by atoms with Crippen molar-refractivity contribution in [2.75, 3.05) is 23.7 Å². The van der Waals surface area contributed by atoms with Crippen LogP contribution in [-0.2, 0) is 10.1 Å². The summed E-state index contributed by atoms with van der Waals surface area (Å²) in [4.78, 5) is 1.76. The summed E-state index contributed by atoms with van der Waals surface area (Å²) < 4.78 is 29.6. The minimum absolute atomic E-state index is 0.0327. The fourth-order valence-electron chi connectivity index (χ4n) is 2.36. The van der Waals surface area contributed by atoms with Crippen LogP contribution in [-0.4, -0.2) is 33.0 Å². The molecule has 1 aliphatic heterocycles. The van der Waals surface area contributed by atoms with Crippen LogP contribution < -0.4 is 20.1 Å². The molecule has 2 aromatic rings. The second-order valence-corrected chi connectivity index (χ2v) is 6.67. The number of nitrogen functional groups attached to an aromatic ring is 1. The Morgan fingerprint density at radius 1 is 1.22 bits per heavy atom. The maximum atomic E-state index is 12.3. The van der Waals surface area contributed by atoms with Crippen molar-refractivity contribution in [1.82, 2.24) is 5.32 Å². The zero-order chi connectivity index (χ0) is 16.4. The molecule has 0 amide bonds. The van der Waals surface area contributed by atoms with Crippen molar-refractivity contribution in [2.24, 2.45) is 0 Å². The van der Waals surface area contributed by atoms with Gasteiger partial charge in [-0.15, -0.1) is 0 Å². The van der Waals surface area contributed by atoms with E-state index in [9.17, 15) is 13.5 Å². The first kappa shape index (κ1) is 15.6. The Morgan fingerprint density at radius 2 is 1.96 bits per heavy atom. The number of nitrogens with two attached hydrogens (primary N) is 1. The first-order valence-electron chi connectivity index (χ1n) is 7.04. The van der Waals surface area contributed by atoms with E-state index in [0.717, 1.165) is 5.69 Å². The molecule has 7 nitrogen and oxygen atoms in total. The van der Waals surface area contributed by atoms with Crippen molar-refractivity contribution in [2.45, 2.75) is 11.2 Å². The van der Waals surface area contributed by atoms with E-state index in [4.69, 9.17) is 9.92 Å². The van der Waals surface area contributed by atoms with Gasteiger partial charge in [-0.05, 0) is 36.4 Å². The highest BCUT2D eigenvalue weighted by molar-refractivity contribution is 7.87. The molecule has 1 saturated heterocycles. The number of nitrogens with zero attached hydrogens (tertiary/aromatic N) is 1. The monoisotopic (exact) mass is 335 g/mol. The molecular formula is C15H17N3O4S. The highest BCUT2D eigenvalue weighted by Gasteiger charge is 2.23. The number of aliphatic hydroxyl groups excluding tert-OH is 1. The zero-order valence-electron chi connectivity index (χ0n) is 12.2. The molecular weight excluding hydrogens is 318 g/mol. The molecule has 0 aliphatic carbocycles. The fraction of sp³-hybridized carbons (Fsp3) is 0.200.